The summed E-state index contributed by atoms with van der Waals surface area (Å²) in [6.07, 6.45) is -4.67. The van der Waals surface area contributed by atoms with Crippen LogP contribution in [0.25, 0.3) is 11.1 Å². The predicted molar refractivity (Wildman–Crippen MR) is 119 cm³/mol. The van der Waals surface area contributed by atoms with Gasteiger partial charge < -0.3 is 14.2 Å². The zero-order valence-electron chi connectivity index (χ0n) is 18.2. The van der Waals surface area contributed by atoms with Crippen LogP contribution < -0.4 is 0 Å². The van der Waals surface area contributed by atoms with Gasteiger partial charge in [0.1, 0.15) is 11.4 Å². The molecule has 1 aliphatic heterocycles. The van der Waals surface area contributed by atoms with E-state index in [9.17, 15) is 18.0 Å². The fraction of sp³-hybridized carbons (Fsp3) is 0.333. The first-order valence-corrected chi connectivity index (χ1v) is 10.9. The fourth-order valence-electron chi connectivity index (χ4n) is 4.23. The molecule has 4 rings (SSSR count). The smallest absolute Gasteiger partial charge is 0.378 e. The highest BCUT2D eigenvalue weighted by Gasteiger charge is 2.42. The normalized spacial score (nSPS) is 14.5. The van der Waals surface area contributed by atoms with E-state index in [1.807, 2.05) is 0 Å². The lowest BCUT2D eigenvalue weighted by Crippen LogP contribution is -2.41. The Balaban J connectivity index is 1.97. The molecule has 0 saturated carbocycles. The van der Waals surface area contributed by atoms with Gasteiger partial charge in [-0.15, -0.1) is 0 Å². The van der Waals surface area contributed by atoms with Gasteiger partial charge in [0.2, 0.25) is 0 Å². The van der Waals surface area contributed by atoms with Crippen LogP contribution in [0, 0.1) is 13.8 Å². The number of pyridine rings is 1. The van der Waals surface area contributed by atoms with E-state index in [1.54, 1.807) is 49.4 Å². The van der Waals surface area contributed by atoms with E-state index < -0.39 is 17.8 Å². The number of rotatable bonds is 4. The Kier molecular flexibility index (Phi) is 6.50. The Morgan fingerprint density at radius 1 is 1.09 bits per heavy atom. The fourth-order valence-corrected chi connectivity index (χ4v) is 4.35. The van der Waals surface area contributed by atoms with Crippen molar-refractivity contribution in [2.45, 2.75) is 26.6 Å². The van der Waals surface area contributed by atoms with Crippen LogP contribution in [0.2, 0.25) is 5.02 Å². The SMILES string of the molecule is Cc1cccc(Cn2c(C(=O)N3CCOCC3)c(-c3ccc(Cl)cc3)c(C)c2C(F)(F)F)n1. The van der Waals surface area contributed by atoms with E-state index >= 15 is 0 Å². The predicted octanol–water partition coefficient (Wildman–Crippen LogP) is 5.36. The van der Waals surface area contributed by atoms with E-state index in [0.717, 1.165) is 4.57 Å². The highest BCUT2D eigenvalue weighted by Crippen LogP contribution is 2.42. The molecule has 1 amide bonds. The average molecular weight is 478 g/mol. The first kappa shape index (κ1) is 23.3. The van der Waals surface area contributed by atoms with Gasteiger partial charge in [-0.3, -0.25) is 9.78 Å². The number of amides is 1. The summed E-state index contributed by atoms with van der Waals surface area (Å²) in [5.74, 6) is -0.463. The standard InChI is InChI=1S/C24H23ClF3N3O2/c1-15-4-3-5-19(29-15)14-31-21(23(32)30-10-12-33-13-11-30)20(16(2)22(31)24(26,27)28)17-6-8-18(25)9-7-17/h3-9H,10-14H2,1-2H3. The molecule has 174 valence electrons. The van der Waals surface area contributed by atoms with Gasteiger partial charge in [0.05, 0.1) is 25.5 Å². The molecule has 1 aromatic carbocycles. The Hall–Kier alpha value is -2.84. The summed E-state index contributed by atoms with van der Waals surface area (Å²) in [6, 6.07) is 11.6. The number of carbonyl (C=O) groups is 1. The maximum absolute atomic E-state index is 14.4. The highest BCUT2D eigenvalue weighted by atomic mass is 35.5. The van der Waals surface area contributed by atoms with Crippen LogP contribution in [-0.4, -0.2) is 46.7 Å². The third-order valence-corrected chi connectivity index (χ3v) is 5.93. The van der Waals surface area contributed by atoms with Gasteiger partial charge in [-0.25, -0.2) is 0 Å². The molecule has 1 aliphatic rings. The van der Waals surface area contributed by atoms with Crippen molar-refractivity contribution < 1.29 is 22.7 Å². The minimum Gasteiger partial charge on any atom is -0.378 e. The van der Waals surface area contributed by atoms with Crippen molar-refractivity contribution in [1.82, 2.24) is 14.5 Å². The molecule has 1 fully saturated rings. The van der Waals surface area contributed by atoms with Crippen molar-refractivity contribution in [2.75, 3.05) is 26.3 Å². The van der Waals surface area contributed by atoms with Crippen LogP contribution in [0.5, 0.6) is 0 Å². The quantitative estimate of drug-likeness (QED) is 0.508. The molecule has 5 nitrogen and oxygen atoms in total. The van der Waals surface area contributed by atoms with Gasteiger partial charge in [0.15, 0.2) is 0 Å². The number of hydrogen-bond donors (Lipinski definition) is 0. The molecular weight excluding hydrogens is 455 g/mol. The van der Waals surface area contributed by atoms with Crippen molar-refractivity contribution in [2.24, 2.45) is 0 Å². The largest absolute Gasteiger partial charge is 0.431 e. The van der Waals surface area contributed by atoms with E-state index in [0.29, 0.717) is 48.3 Å². The Bertz CT molecular complexity index is 1170. The van der Waals surface area contributed by atoms with Gasteiger partial charge in [0, 0.05) is 29.4 Å². The lowest BCUT2D eigenvalue weighted by molar-refractivity contribution is -0.143. The van der Waals surface area contributed by atoms with Crippen molar-refractivity contribution in [3.8, 4) is 11.1 Å². The molecule has 0 radical (unpaired) electrons. The second kappa shape index (κ2) is 9.19. The number of aryl methyl sites for hydroxylation is 1. The number of ether oxygens (including phenoxy) is 1. The van der Waals surface area contributed by atoms with E-state index in [-0.39, 0.29) is 23.4 Å². The molecule has 0 bridgehead atoms. The number of alkyl halides is 3. The second-order valence-electron chi connectivity index (χ2n) is 7.96. The van der Waals surface area contributed by atoms with Crippen LogP contribution >= 0.6 is 11.6 Å². The molecule has 0 spiro atoms. The van der Waals surface area contributed by atoms with Gasteiger partial charge in [-0.05, 0) is 49.2 Å². The summed E-state index contributed by atoms with van der Waals surface area (Å²) in [7, 11) is 0. The molecular formula is C24H23ClF3N3O2. The van der Waals surface area contributed by atoms with E-state index in [4.69, 9.17) is 16.3 Å². The lowest BCUT2D eigenvalue weighted by atomic mass is 10.00. The summed E-state index contributed by atoms with van der Waals surface area (Å²) < 4.78 is 49.5. The lowest BCUT2D eigenvalue weighted by Gasteiger charge is -2.28. The highest BCUT2D eigenvalue weighted by molar-refractivity contribution is 6.30. The average Bonchev–Trinajstić information content (AvgIpc) is 3.06. The summed E-state index contributed by atoms with van der Waals surface area (Å²) in [4.78, 5) is 19.6. The summed E-state index contributed by atoms with van der Waals surface area (Å²) in [5, 5.41) is 0.455. The van der Waals surface area contributed by atoms with Crippen molar-refractivity contribution in [1.29, 1.82) is 0 Å². The number of aromatic nitrogens is 2. The van der Waals surface area contributed by atoms with Crippen LogP contribution in [0.1, 0.15) is 33.1 Å². The van der Waals surface area contributed by atoms with Gasteiger partial charge in [-0.1, -0.05) is 29.8 Å². The topological polar surface area (TPSA) is 47.4 Å². The van der Waals surface area contributed by atoms with Gasteiger partial charge in [-0.2, -0.15) is 13.2 Å². The third kappa shape index (κ3) is 4.77. The Morgan fingerprint density at radius 2 is 1.76 bits per heavy atom. The van der Waals surface area contributed by atoms with Crippen molar-refractivity contribution in [3.63, 3.8) is 0 Å². The Morgan fingerprint density at radius 3 is 2.36 bits per heavy atom. The van der Waals surface area contributed by atoms with Crippen molar-refractivity contribution >= 4 is 17.5 Å². The number of halogens is 4. The monoisotopic (exact) mass is 477 g/mol. The molecule has 0 aliphatic carbocycles. The minimum absolute atomic E-state index is 0.00548. The first-order chi connectivity index (χ1) is 15.7. The van der Waals surface area contributed by atoms with Crippen LogP contribution in [0.3, 0.4) is 0 Å². The van der Waals surface area contributed by atoms with Crippen molar-refractivity contribution in [3.05, 3.63) is 75.8 Å². The molecule has 33 heavy (non-hydrogen) atoms. The molecule has 0 atom stereocenters. The minimum atomic E-state index is -4.67. The van der Waals surface area contributed by atoms with Gasteiger partial charge >= 0.3 is 6.18 Å². The maximum atomic E-state index is 14.4. The van der Waals surface area contributed by atoms with Crippen LogP contribution in [0.15, 0.2) is 42.5 Å². The summed E-state index contributed by atoms with van der Waals surface area (Å²) >= 11 is 6.01. The van der Waals surface area contributed by atoms with E-state index in [2.05, 4.69) is 4.98 Å². The molecule has 3 aromatic rings. The molecule has 0 unspecified atom stereocenters. The third-order valence-electron chi connectivity index (χ3n) is 5.68. The Labute approximate surface area is 194 Å². The number of nitrogens with zero attached hydrogens (tertiary/aromatic N) is 3. The van der Waals surface area contributed by atoms with E-state index in [1.165, 1.54) is 11.8 Å². The number of morpholine rings is 1. The molecule has 1 saturated heterocycles. The summed E-state index contributed by atoms with van der Waals surface area (Å²) in [6.45, 7) is 4.30. The zero-order valence-corrected chi connectivity index (χ0v) is 19.0. The molecule has 9 heteroatoms. The van der Waals surface area contributed by atoms with Crippen LogP contribution in [0.4, 0.5) is 13.2 Å². The first-order valence-electron chi connectivity index (χ1n) is 10.5. The van der Waals surface area contributed by atoms with Crippen LogP contribution in [-0.2, 0) is 17.5 Å². The zero-order chi connectivity index (χ0) is 23.8. The second-order valence-corrected chi connectivity index (χ2v) is 8.40. The number of hydrogen-bond acceptors (Lipinski definition) is 3. The molecule has 3 heterocycles. The number of benzene rings is 1. The molecule has 0 N–H and O–H groups in total. The van der Waals surface area contributed by atoms with Gasteiger partial charge in [0.25, 0.3) is 5.91 Å². The molecule has 2 aromatic heterocycles. The number of carbonyl (C=O) groups excluding carboxylic acids is 1. The summed E-state index contributed by atoms with van der Waals surface area (Å²) in [5.41, 5.74) is 1.00. The maximum Gasteiger partial charge on any atom is 0.431 e.